The van der Waals surface area contributed by atoms with E-state index in [1.807, 2.05) is 32.9 Å². The number of halogens is 3. The molecule has 3 aliphatic carbocycles. The predicted molar refractivity (Wildman–Crippen MR) is 315 cm³/mol. The molecule has 9 aliphatic rings. The number of oxazole rings is 1. The number of anilines is 1. The van der Waals surface area contributed by atoms with Crippen LogP contribution in [0.15, 0.2) is 41.1 Å². The fourth-order valence-corrected chi connectivity index (χ4v) is 15.7. The molecule has 6 bridgehead atoms. The number of fused-ring (bicyclic) bond motifs is 6. The summed E-state index contributed by atoms with van der Waals surface area (Å²) in [7, 11) is 3.63. The summed E-state index contributed by atoms with van der Waals surface area (Å²) in [6.07, 6.45) is 7.97. The lowest BCUT2D eigenvalue weighted by molar-refractivity contribution is -0.157. The molecule has 5 saturated heterocycles. The van der Waals surface area contributed by atoms with Gasteiger partial charge in [-0.15, -0.1) is 0 Å². The minimum absolute atomic E-state index is 0.0175. The molecule has 13 rings (SSSR count). The Morgan fingerprint density at radius 2 is 1.71 bits per heavy atom. The summed E-state index contributed by atoms with van der Waals surface area (Å²) in [5.41, 5.74) is 6.16. The van der Waals surface area contributed by atoms with E-state index < -0.39 is 60.3 Å². The standard InChI is InChI=1S/C64H86F3N11O8/c1-7-84-56-51(70-57(79)53(39-11-8-9-12-39)75-23-20-63(34-75)21-24-76(35-63)60(81)55-52(72(55)5)40-14-15-40)59(80)78-22-10-13-47(71-78)61(82)86-37-62(3,4)31-46-44-29-41(48-33-85-58(56)69-48)16-19-49(44)77(36-64(65,66)67)54(46)45-30-43(32-68-50(45)38(2)83-6)74-27-25-73(26-28-74)42-17-18-42/h16,19,29-30,32-33,38-40,42,47,51-53,55-56,71H,7-15,17-18,20-28,31,34-37H2,1-6H3,(H,70,79)/t38-,47-,51-,52+,53-,55+,56-,63-,72?/m0/s1. The monoisotopic (exact) mass is 1190 g/mol. The molecule has 0 radical (unpaired) electrons. The second-order valence-electron chi connectivity index (χ2n) is 27.4. The quantitative estimate of drug-likeness (QED) is 0.0926. The van der Waals surface area contributed by atoms with E-state index in [4.69, 9.17) is 28.6 Å². The number of amides is 3. The number of ether oxygens (including phenoxy) is 3. The smallest absolute Gasteiger partial charge is 0.406 e. The number of cyclic esters (lactones) is 1. The first-order valence-electron chi connectivity index (χ1n) is 31.9. The number of likely N-dealkylation sites (N-methyl/N-ethyl adjacent to an activating group) is 1. The highest BCUT2D eigenvalue weighted by molar-refractivity contribution is 5.96. The van der Waals surface area contributed by atoms with Crippen molar-refractivity contribution in [3.05, 3.63) is 53.9 Å². The summed E-state index contributed by atoms with van der Waals surface area (Å²) in [6.45, 7) is 12.4. The highest BCUT2D eigenvalue weighted by atomic mass is 19.4. The van der Waals surface area contributed by atoms with Crippen molar-refractivity contribution < 1.29 is 51.0 Å². The van der Waals surface area contributed by atoms with Crippen LogP contribution < -0.4 is 15.6 Å². The number of likely N-dealkylation sites (tertiary alicyclic amines) is 2. The van der Waals surface area contributed by atoms with Gasteiger partial charge in [0.2, 0.25) is 17.7 Å². The van der Waals surface area contributed by atoms with Crippen molar-refractivity contribution in [1.82, 2.24) is 49.9 Å². The summed E-state index contributed by atoms with van der Waals surface area (Å²) >= 11 is 0. The van der Waals surface area contributed by atoms with Gasteiger partial charge in [-0.1, -0.05) is 32.8 Å². The van der Waals surface area contributed by atoms with Crippen molar-refractivity contribution in [3.8, 4) is 22.5 Å². The Hall–Kier alpha value is -5.65. The lowest BCUT2D eigenvalue weighted by Crippen LogP contribution is -2.63. The number of pyridine rings is 1. The SMILES string of the molecule is CCO[C@@H]1c2nc(co2)-c2ccc3c(c2)c(c(-c2cc(N4CCN(C5CC5)CC4)cnc2[C@H](C)OC)n3CC(F)(F)F)CC(C)(C)COC(=O)[C@@H]2CCCN(N2)C(=O)[C@H]1NC(=O)[C@H](C1CCCC1)N1CC[C@]2(CCN(C(=O)[C@H]3[C@@H](C4CC4)N3C)C2)C1. The molecule has 3 saturated carbocycles. The number of piperazine rings is 1. The van der Waals surface area contributed by atoms with Crippen LogP contribution in [0.5, 0.6) is 0 Å². The zero-order chi connectivity index (χ0) is 60.0. The minimum atomic E-state index is -4.63. The van der Waals surface area contributed by atoms with E-state index in [9.17, 15) is 9.59 Å². The average molecular weight is 1190 g/mol. The lowest BCUT2D eigenvalue weighted by atomic mass is 9.84. The first-order chi connectivity index (χ1) is 41.3. The number of carbonyl (C=O) groups excluding carboxylic acids is 4. The van der Waals surface area contributed by atoms with Gasteiger partial charge in [-0.2, -0.15) is 13.2 Å². The van der Waals surface area contributed by atoms with Gasteiger partial charge in [0.1, 0.15) is 36.6 Å². The molecule has 6 aliphatic heterocycles. The van der Waals surface area contributed by atoms with Gasteiger partial charge in [0, 0.05) is 111 Å². The molecular weight excluding hydrogens is 1110 g/mol. The Kier molecular flexibility index (Phi) is 16.1. The van der Waals surface area contributed by atoms with Crippen LogP contribution in [0, 0.1) is 22.7 Å². The number of aromatic nitrogens is 3. The highest BCUT2D eigenvalue weighted by Gasteiger charge is 2.59. The van der Waals surface area contributed by atoms with Crippen molar-refractivity contribution in [2.45, 2.75) is 172 Å². The molecule has 466 valence electrons. The Balaban J connectivity index is 0.867. The largest absolute Gasteiger partial charge is 0.464 e. The van der Waals surface area contributed by atoms with Crippen LogP contribution in [0.4, 0.5) is 18.9 Å². The maximum absolute atomic E-state index is 15.5. The molecule has 3 amide bonds. The van der Waals surface area contributed by atoms with Gasteiger partial charge in [0.25, 0.3) is 5.91 Å². The number of hydrogen-bond acceptors (Lipinski definition) is 15. The molecule has 9 heterocycles. The molecule has 8 fully saturated rings. The summed E-state index contributed by atoms with van der Waals surface area (Å²) in [5, 5.41) is 5.16. The molecule has 1 aromatic carbocycles. The van der Waals surface area contributed by atoms with E-state index in [1.165, 1.54) is 41.5 Å². The lowest BCUT2D eigenvalue weighted by Gasteiger charge is -2.38. The molecule has 3 aromatic heterocycles. The maximum atomic E-state index is 15.5. The van der Waals surface area contributed by atoms with E-state index in [0.29, 0.717) is 102 Å². The van der Waals surface area contributed by atoms with Gasteiger partial charge in [0.05, 0.1) is 42.0 Å². The fraction of sp³-hybridized carbons (Fsp3) is 0.688. The fourth-order valence-electron chi connectivity index (χ4n) is 15.7. The number of esters is 1. The van der Waals surface area contributed by atoms with Gasteiger partial charge < -0.3 is 38.3 Å². The topological polar surface area (TPSA) is 183 Å². The Labute approximate surface area is 501 Å². The van der Waals surface area contributed by atoms with Crippen LogP contribution in [0.3, 0.4) is 0 Å². The van der Waals surface area contributed by atoms with Gasteiger partial charge >= 0.3 is 12.1 Å². The van der Waals surface area contributed by atoms with E-state index in [1.54, 1.807) is 32.4 Å². The maximum Gasteiger partial charge on any atom is 0.406 e. The molecule has 9 atom stereocenters. The molecule has 19 nitrogen and oxygen atoms in total. The second kappa shape index (κ2) is 23.4. The van der Waals surface area contributed by atoms with Crippen molar-refractivity contribution in [2.75, 3.05) is 91.2 Å². The summed E-state index contributed by atoms with van der Waals surface area (Å²) in [5.74, 6) is -0.533. The number of nitrogens with zero attached hydrogens (tertiary/aromatic N) is 9. The molecule has 22 heteroatoms. The van der Waals surface area contributed by atoms with Gasteiger partial charge in [0.15, 0.2) is 6.10 Å². The Morgan fingerprint density at radius 1 is 0.942 bits per heavy atom. The molecule has 1 spiro atoms. The van der Waals surface area contributed by atoms with Gasteiger partial charge in [-0.05, 0) is 134 Å². The zero-order valence-corrected chi connectivity index (χ0v) is 50.8. The van der Waals surface area contributed by atoms with Crippen LogP contribution in [0.25, 0.3) is 33.4 Å². The van der Waals surface area contributed by atoms with Crippen LogP contribution in [0.2, 0.25) is 0 Å². The third kappa shape index (κ3) is 11.8. The van der Waals surface area contributed by atoms with Crippen LogP contribution in [-0.2, 0) is 46.4 Å². The Morgan fingerprint density at radius 3 is 2.43 bits per heavy atom. The van der Waals surface area contributed by atoms with Crippen LogP contribution >= 0.6 is 0 Å². The summed E-state index contributed by atoms with van der Waals surface area (Å²) in [6, 6.07) is 5.27. The first kappa shape index (κ1) is 59.3. The van der Waals surface area contributed by atoms with Crippen molar-refractivity contribution in [3.63, 3.8) is 0 Å². The van der Waals surface area contributed by atoms with Crippen molar-refractivity contribution in [1.29, 1.82) is 0 Å². The van der Waals surface area contributed by atoms with Crippen LogP contribution in [0.1, 0.15) is 134 Å². The van der Waals surface area contributed by atoms with Crippen LogP contribution in [-0.4, -0.2) is 192 Å². The minimum Gasteiger partial charge on any atom is -0.464 e. The molecule has 1 unspecified atom stereocenters. The van der Waals surface area contributed by atoms with Gasteiger partial charge in [-0.3, -0.25) is 43.9 Å². The molecule has 86 heavy (non-hydrogen) atoms. The summed E-state index contributed by atoms with van der Waals surface area (Å²) in [4.78, 5) is 80.7. The molecule has 4 aromatic rings. The van der Waals surface area contributed by atoms with Crippen molar-refractivity contribution in [2.24, 2.45) is 22.7 Å². The highest BCUT2D eigenvalue weighted by Crippen LogP contribution is 2.49. The first-order valence-corrected chi connectivity index (χ1v) is 31.9. The number of methoxy groups -OCH3 is 1. The number of hydrazine groups is 1. The third-order valence-corrected chi connectivity index (χ3v) is 20.6. The Bertz CT molecular complexity index is 3200. The number of carbonyl (C=O) groups is 4. The molecule has 2 N–H and O–H groups in total. The van der Waals surface area contributed by atoms with E-state index in [0.717, 1.165) is 70.4 Å². The average Bonchev–Trinajstić information content (AvgIpc) is 1.79. The number of benzene rings is 1. The zero-order valence-electron chi connectivity index (χ0n) is 50.8. The van der Waals surface area contributed by atoms with Crippen molar-refractivity contribution >= 4 is 40.3 Å². The van der Waals surface area contributed by atoms with Gasteiger partial charge in [-0.25, -0.2) is 10.4 Å². The van der Waals surface area contributed by atoms with E-state index in [-0.39, 0.29) is 61.3 Å². The van der Waals surface area contributed by atoms with E-state index >= 15 is 22.8 Å². The number of alkyl halides is 3. The molecular formula is C64H86F3N11O8. The predicted octanol–water partition coefficient (Wildman–Crippen LogP) is 7.67. The van der Waals surface area contributed by atoms with E-state index in [2.05, 4.69) is 42.3 Å². The summed E-state index contributed by atoms with van der Waals surface area (Å²) < 4.78 is 72.2. The third-order valence-electron chi connectivity index (χ3n) is 20.6. The number of hydrogen-bond donors (Lipinski definition) is 2. The second-order valence-corrected chi connectivity index (χ2v) is 27.4. The normalized spacial score (nSPS) is 29.4. The number of rotatable bonds is 14. The number of nitrogens with one attached hydrogen (secondary N) is 2.